The Balaban J connectivity index is 1.65. The Hall–Kier alpha value is -0.900. The molecule has 0 aliphatic carbocycles. The minimum atomic E-state index is 0.282. The van der Waals surface area contributed by atoms with Crippen LogP contribution >= 0.6 is 0 Å². The van der Waals surface area contributed by atoms with E-state index in [0.29, 0.717) is 6.04 Å². The minimum absolute atomic E-state index is 0.282. The van der Waals surface area contributed by atoms with Gasteiger partial charge in [0.2, 0.25) is 0 Å². The second-order valence-corrected chi connectivity index (χ2v) is 7.11. The fourth-order valence-corrected chi connectivity index (χ4v) is 3.64. The maximum atomic E-state index is 5.84. The van der Waals surface area contributed by atoms with Crippen molar-refractivity contribution in [2.45, 2.75) is 45.8 Å². The van der Waals surface area contributed by atoms with Crippen LogP contribution in [0.2, 0.25) is 0 Å². The molecular weight excluding hydrogens is 260 g/mol. The largest absolute Gasteiger partial charge is 0.381 e. The van der Waals surface area contributed by atoms with E-state index < -0.39 is 0 Å². The van der Waals surface area contributed by atoms with Crippen LogP contribution in [0.15, 0.2) is 24.3 Å². The highest BCUT2D eigenvalue weighted by Gasteiger charge is 2.36. The number of nitrogens with one attached hydrogen (secondary N) is 1. The zero-order valence-corrected chi connectivity index (χ0v) is 13.4. The van der Waals surface area contributed by atoms with Crippen LogP contribution in [0.4, 0.5) is 0 Å². The molecule has 1 aromatic carbocycles. The van der Waals surface area contributed by atoms with Gasteiger partial charge in [-0.25, -0.2) is 0 Å². The summed E-state index contributed by atoms with van der Waals surface area (Å²) in [4.78, 5) is 2.60. The average molecular weight is 288 g/mol. The van der Waals surface area contributed by atoms with Gasteiger partial charge in [-0.3, -0.25) is 4.90 Å². The van der Waals surface area contributed by atoms with Crippen molar-refractivity contribution in [1.82, 2.24) is 10.2 Å². The average Bonchev–Trinajstić information content (AvgIpc) is 2.88. The maximum absolute atomic E-state index is 5.84. The van der Waals surface area contributed by atoms with Crippen molar-refractivity contribution >= 4 is 0 Å². The first-order chi connectivity index (χ1) is 10.2. The van der Waals surface area contributed by atoms with Gasteiger partial charge in [0.1, 0.15) is 0 Å². The van der Waals surface area contributed by atoms with Crippen LogP contribution in [0, 0.1) is 5.41 Å². The molecule has 3 heteroatoms. The highest BCUT2D eigenvalue weighted by molar-refractivity contribution is 5.30. The second kappa shape index (κ2) is 6.47. The van der Waals surface area contributed by atoms with E-state index in [-0.39, 0.29) is 5.41 Å². The first kappa shape index (κ1) is 15.0. The van der Waals surface area contributed by atoms with E-state index in [1.54, 1.807) is 0 Å². The number of ether oxygens (including phenoxy) is 1. The molecule has 2 aliphatic heterocycles. The monoisotopic (exact) mass is 288 g/mol. The van der Waals surface area contributed by atoms with Crippen LogP contribution in [0.5, 0.6) is 0 Å². The fraction of sp³-hybridized carbons (Fsp3) is 0.667. The quantitative estimate of drug-likeness (QED) is 0.901. The Kier molecular flexibility index (Phi) is 4.63. The molecule has 1 aromatic rings. The molecule has 3 rings (SSSR count). The molecule has 1 fully saturated rings. The van der Waals surface area contributed by atoms with Crippen molar-refractivity contribution in [3.05, 3.63) is 35.4 Å². The van der Waals surface area contributed by atoms with Crippen LogP contribution in [0.1, 0.15) is 37.8 Å². The summed E-state index contributed by atoms with van der Waals surface area (Å²) >= 11 is 0. The van der Waals surface area contributed by atoms with Crippen LogP contribution in [0.25, 0.3) is 0 Å². The molecule has 21 heavy (non-hydrogen) atoms. The lowest BCUT2D eigenvalue weighted by molar-refractivity contribution is -0.0278. The fourth-order valence-electron chi connectivity index (χ4n) is 3.64. The third-order valence-corrected chi connectivity index (χ3v) is 4.75. The summed E-state index contributed by atoms with van der Waals surface area (Å²) in [6.45, 7) is 10.7. The zero-order chi connectivity index (χ0) is 14.7. The lowest BCUT2D eigenvalue weighted by atomic mass is 9.81. The predicted molar refractivity (Wildman–Crippen MR) is 86.2 cm³/mol. The first-order valence-corrected chi connectivity index (χ1v) is 8.27. The van der Waals surface area contributed by atoms with E-state index in [4.69, 9.17) is 4.74 Å². The van der Waals surface area contributed by atoms with Crippen LogP contribution < -0.4 is 5.32 Å². The summed E-state index contributed by atoms with van der Waals surface area (Å²) in [5.74, 6) is 0. The highest BCUT2D eigenvalue weighted by Crippen LogP contribution is 2.32. The number of benzene rings is 1. The summed E-state index contributed by atoms with van der Waals surface area (Å²) in [6.07, 6.45) is 2.47. The number of hydrogen-bond acceptors (Lipinski definition) is 3. The second-order valence-electron chi connectivity index (χ2n) is 7.11. The van der Waals surface area contributed by atoms with Crippen molar-refractivity contribution in [3.63, 3.8) is 0 Å². The Labute approximate surface area is 128 Å². The summed E-state index contributed by atoms with van der Waals surface area (Å²) in [5.41, 5.74) is 3.28. The molecule has 2 heterocycles. The smallest absolute Gasteiger partial charge is 0.0546 e. The summed E-state index contributed by atoms with van der Waals surface area (Å²) < 4.78 is 5.84. The van der Waals surface area contributed by atoms with Gasteiger partial charge in [0, 0.05) is 44.2 Å². The lowest BCUT2D eigenvalue weighted by Gasteiger charge is -2.40. The Morgan fingerprint density at radius 3 is 2.52 bits per heavy atom. The van der Waals surface area contributed by atoms with E-state index in [0.717, 1.165) is 39.4 Å². The Morgan fingerprint density at radius 2 is 1.95 bits per heavy atom. The van der Waals surface area contributed by atoms with Gasteiger partial charge in [-0.2, -0.15) is 0 Å². The Bertz CT molecular complexity index is 441. The van der Waals surface area contributed by atoms with Crippen molar-refractivity contribution in [2.24, 2.45) is 5.41 Å². The minimum Gasteiger partial charge on any atom is -0.381 e. The van der Waals surface area contributed by atoms with Crippen LogP contribution in [-0.4, -0.2) is 37.2 Å². The van der Waals surface area contributed by atoms with Crippen molar-refractivity contribution < 1.29 is 4.74 Å². The normalized spacial score (nSPS) is 26.2. The topological polar surface area (TPSA) is 24.5 Å². The van der Waals surface area contributed by atoms with Crippen molar-refractivity contribution in [1.29, 1.82) is 0 Å². The summed E-state index contributed by atoms with van der Waals surface area (Å²) in [7, 11) is 0. The molecule has 0 spiro atoms. The van der Waals surface area contributed by atoms with E-state index in [1.807, 2.05) is 0 Å². The zero-order valence-electron chi connectivity index (χ0n) is 13.4. The molecule has 0 saturated carbocycles. The molecule has 0 amide bonds. The predicted octanol–water partition coefficient (Wildman–Crippen LogP) is 2.80. The summed E-state index contributed by atoms with van der Waals surface area (Å²) in [5, 5.41) is 3.64. The third-order valence-electron chi connectivity index (χ3n) is 4.75. The van der Waals surface area contributed by atoms with E-state index in [1.165, 1.54) is 24.0 Å². The van der Waals surface area contributed by atoms with Gasteiger partial charge in [0.25, 0.3) is 0 Å². The number of nitrogens with zero attached hydrogens (tertiary/aromatic N) is 1. The maximum Gasteiger partial charge on any atom is 0.0546 e. The lowest BCUT2D eigenvalue weighted by Crippen LogP contribution is -2.49. The van der Waals surface area contributed by atoms with Gasteiger partial charge >= 0.3 is 0 Å². The molecule has 1 saturated heterocycles. The van der Waals surface area contributed by atoms with E-state index >= 15 is 0 Å². The number of rotatable bonds is 5. The highest BCUT2D eigenvalue weighted by atomic mass is 16.5. The van der Waals surface area contributed by atoms with Gasteiger partial charge in [-0.1, -0.05) is 38.1 Å². The van der Waals surface area contributed by atoms with E-state index in [2.05, 4.69) is 48.3 Å². The molecule has 0 bridgehead atoms. The van der Waals surface area contributed by atoms with E-state index in [9.17, 15) is 0 Å². The van der Waals surface area contributed by atoms with Crippen LogP contribution in [0.3, 0.4) is 0 Å². The first-order valence-electron chi connectivity index (χ1n) is 8.27. The molecule has 0 aromatic heterocycles. The van der Waals surface area contributed by atoms with Crippen molar-refractivity contribution in [3.8, 4) is 0 Å². The molecular formula is C18H28N2O. The molecule has 3 nitrogen and oxygen atoms in total. The summed E-state index contributed by atoms with van der Waals surface area (Å²) in [6, 6.07) is 9.39. The number of hydrogen-bond donors (Lipinski definition) is 1. The molecule has 1 N–H and O–H groups in total. The SMILES string of the molecule is CC(C)NCC1(CN2Cc3ccccc3C2)CCCOC1. The molecule has 0 radical (unpaired) electrons. The van der Waals surface area contributed by atoms with Gasteiger partial charge in [-0.15, -0.1) is 0 Å². The van der Waals surface area contributed by atoms with Crippen molar-refractivity contribution in [2.75, 3.05) is 26.3 Å². The molecule has 1 unspecified atom stereocenters. The Morgan fingerprint density at radius 1 is 1.24 bits per heavy atom. The molecule has 116 valence electrons. The van der Waals surface area contributed by atoms with Gasteiger partial charge < -0.3 is 10.1 Å². The van der Waals surface area contributed by atoms with Crippen LogP contribution in [-0.2, 0) is 17.8 Å². The molecule has 1 atom stereocenters. The number of fused-ring (bicyclic) bond motifs is 1. The third kappa shape index (κ3) is 3.65. The standard InChI is InChI=1S/C18H28N2O/c1-15(2)19-12-18(8-5-9-21-14-18)13-20-10-16-6-3-4-7-17(16)11-20/h3-4,6-7,15,19H,5,8-14H2,1-2H3. The van der Waals surface area contributed by atoms with Gasteiger partial charge in [0.15, 0.2) is 0 Å². The van der Waals surface area contributed by atoms with Gasteiger partial charge in [-0.05, 0) is 24.0 Å². The van der Waals surface area contributed by atoms with Gasteiger partial charge in [0.05, 0.1) is 6.61 Å². The molecule has 2 aliphatic rings.